The van der Waals surface area contributed by atoms with Crippen molar-refractivity contribution in [3.05, 3.63) is 59.7 Å². The summed E-state index contributed by atoms with van der Waals surface area (Å²) in [5.41, 5.74) is 3.20. The number of carbonyl (C=O) groups excluding carboxylic acids is 3. The molecule has 0 saturated heterocycles. The van der Waals surface area contributed by atoms with Gasteiger partial charge in [-0.05, 0) is 75.4 Å². The molecule has 2 amide bonds. The van der Waals surface area contributed by atoms with E-state index in [0.29, 0.717) is 36.9 Å². The Morgan fingerprint density at radius 3 is 1.86 bits per heavy atom. The first-order chi connectivity index (χ1) is 13.4. The summed E-state index contributed by atoms with van der Waals surface area (Å²) >= 11 is 0. The van der Waals surface area contributed by atoms with E-state index < -0.39 is 0 Å². The van der Waals surface area contributed by atoms with Gasteiger partial charge in [0, 0.05) is 28.8 Å². The van der Waals surface area contributed by atoms with Crippen LogP contribution in [0.1, 0.15) is 48.5 Å². The molecule has 5 heteroatoms. The Kier molecular flexibility index (Phi) is 6.24. The Labute approximate surface area is 165 Å². The molecule has 2 aromatic carbocycles. The predicted octanol–water partition coefficient (Wildman–Crippen LogP) is 4.58. The molecular weight excluding hydrogens is 352 g/mol. The van der Waals surface area contributed by atoms with Gasteiger partial charge < -0.3 is 10.6 Å². The molecule has 1 fully saturated rings. The topological polar surface area (TPSA) is 75.3 Å². The summed E-state index contributed by atoms with van der Waals surface area (Å²) in [5.74, 6) is -0.130. The number of benzene rings is 2. The Morgan fingerprint density at radius 2 is 1.32 bits per heavy atom. The normalized spacial score (nSPS) is 18.9. The molecule has 5 nitrogen and oxygen atoms in total. The minimum absolute atomic E-state index is 0.000159. The average Bonchev–Trinajstić information content (AvgIpc) is 2.70. The van der Waals surface area contributed by atoms with E-state index in [1.807, 2.05) is 31.2 Å². The lowest BCUT2D eigenvalue weighted by molar-refractivity contribution is -0.125. The smallest absolute Gasteiger partial charge is 0.227 e. The van der Waals surface area contributed by atoms with Gasteiger partial charge in [-0.3, -0.25) is 14.4 Å². The molecule has 1 saturated carbocycles. The van der Waals surface area contributed by atoms with Crippen molar-refractivity contribution in [3.8, 4) is 0 Å². The Hall–Kier alpha value is -2.95. The maximum atomic E-state index is 12.5. The van der Waals surface area contributed by atoms with Crippen LogP contribution in [-0.2, 0) is 9.59 Å². The molecule has 0 atom stereocenters. The SMILES string of the molecule is CC(=O)c1ccc(NC(=O)C2CCC(C(=O)Nc3ccccc3C)CC2)cc1. The summed E-state index contributed by atoms with van der Waals surface area (Å²) in [4.78, 5) is 36.4. The van der Waals surface area contributed by atoms with Gasteiger partial charge in [0.15, 0.2) is 5.78 Å². The number of hydrogen-bond donors (Lipinski definition) is 2. The van der Waals surface area contributed by atoms with E-state index in [1.54, 1.807) is 24.3 Å². The molecule has 0 aliphatic heterocycles. The second-order valence-electron chi connectivity index (χ2n) is 7.48. The van der Waals surface area contributed by atoms with Crippen LogP contribution in [0.5, 0.6) is 0 Å². The molecule has 0 radical (unpaired) electrons. The van der Waals surface area contributed by atoms with E-state index in [2.05, 4.69) is 10.6 Å². The third-order valence-corrected chi connectivity index (χ3v) is 5.43. The average molecular weight is 378 g/mol. The van der Waals surface area contributed by atoms with E-state index in [-0.39, 0.29) is 29.4 Å². The Morgan fingerprint density at radius 1 is 0.786 bits per heavy atom. The van der Waals surface area contributed by atoms with E-state index in [4.69, 9.17) is 0 Å². The molecular formula is C23H26N2O3. The first kappa shape index (κ1) is 19.8. The molecule has 146 valence electrons. The standard InChI is InChI=1S/C23H26N2O3/c1-15-5-3-4-6-21(15)25-23(28)19-9-7-18(8-10-19)22(27)24-20-13-11-17(12-14-20)16(2)26/h3-6,11-14,18-19H,7-10H2,1-2H3,(H,24,27)(H,25,28). The monoisotopic (exact) mass is 378 g/mol. The number of aryl methyl sites for hydroxylation is 1. The number of carbonyl (C=O) groups is 3. The van der Waals surface area contributed by atoms with Gasteiger partial charge in [0.25, 0.3) is 0 Å². The Balaban J connectivity index is 1.50. The van der Waals surface area contributed by atoms with E-state index >= 15 is 0 Å². The minimum Gasteiger partial charge on any atom is -0.326 e. The minimum atomic E-state index is -0.0880. The molecule has 28 heavy (non-hydrogen) atoms. The van der Waals surface area contributed by atoms with Gasteiger partial charge >= 0.3 is 0 Å². The highest BCUT2D eigenvalue weighted by Crippen LogP contribution is 2.31. The predicted molar refractivity (Wildman–Crippen MR) is 110 cm³/mol. The first-order valence-corrected chi connectivity index (χ1v) is 9.72. The van der Waals surface area contributed by atoms with Crippen molar-refractivity contribution in [2.45, 2.75) is 39.5 Å². The number of Topliss-reactive ketones (excluding diaryl/α,β-unsaturated/α-hetero) is 1. The van der Waals surface area contributed by atoms with Crippen LogP contribution in [0.4, 0.5) is 11.4 Å². The van der Waals surface area contributed by atoms with Crippen molar-refractivity contribution in [1.82, 2.24) is 0 Å². The van der Waals surface area contributed by atoms with Gasteiger partial charge in [-0.15, -0.1) is 0 Å². The van der Waals surface area contributed by atoms with E-state index in [0.717, 1.165) is 11.3 Å². The summed E-state index contributed by atoms with van der Waals surface area (Å²) < 4.78 is 0. The van der Waals surface area contributed by atoms with Crippen LogP contribution in [0.2, 0.25) is 0 Å². The summed E-state index contributed by atoms with van der Waals surface area (Å²) in [6.07, 6.45) is 2.81. The van der Waals surface area contributed by atoms with Crippen LogP contribution in [0, 0.1) is 18.8 Å². The lowest BCUT2D eigenvalue weighted by Crippen LogP contribution is -2.32. The highest BCUT2D eigenvalue weighted by atomic mass is 16.2. The van der Waals surface area contributed by atoms with Crippen molar-refractivity contribution in [3.63, 3.8) is 0 Å². The number of para-hydroxylation sites is 1. The third-order valence-electron chi connectivity index (χ3n) is 5.43. The van der Waals surface area contributed by atoms with Crippen molar-refractivity contribution in [1.29, 1.82) is 0 Å². The van der Waals surface area contributed by atoms with Crippen molar-refractivity contribution < 1.29 is 14.4 Å². The fraction of sp³-hybridized carbons (Fsp3) is 0.348. The molecule has 1 aliphatic rings. The molecule has 0 heterocycles. The van der Waals surface area contributed by atoms with Crippen LogP contribution in [0.3, 0.4) is 0 Å². The summed E-state index contributed by atoms with van der Waals surface area (Å²) in [6.45, 7) is 3.49. The van der Waals surface area contributed by atoms with Crippen molar-refractivity contribution in [2.75, 3.05) is 10.6 Å². The zero-order chi connectivity index (χ0) is 20.1. The molecule has 0 aromatic heterocycles. The van der Waals surface area contributed by atoms with Crippen molar-refractivity contribution in [2.24, 2.45) is 11.8 Å². The fourth-order valence-corrected chi connectivity index (χ4v) is 3.60. The summed E-state index contributed by atoms with van der Waals surface area (Å²) in [5, 5.41) is 5.93. The lowest BCUT2D eigenvalue weighted by atomic mass is 9.81. The van der Waals surface area contributed by atoms with Crippen molar-refractivity contribution >= 4 is 29.0 Å². The van der Waals surface area contributed by atoms with Gasteiger partial charge in [-0.2, -0.15) is 0 Å². The van der Waals surface area contributed by atoms with Crippen LogP contribution in [-0.4, -0.2) is 17.6 Å². The first-order valence-electron chi connectivity index (χ1n) is 9.72. The lowest BCUT2D eigenvalue weighted by Gasteiger charge is -2.27. The van der Waals surface area contributed by atoms with Crippen LogP contribution < -0.4 is 10.6 Å². The largest absolute Gasteiger partial charge is 0.326 e. The van der Waals surface area contributed by atoms with Gasteiger partial charge in [0.05, 0.1) is 0 Å². The molecule has 2 aromatic rings. The molecule has 0 unspecified atom stereocenters. The molecule has 3 rings (SSSR count). The Bertz CT molecular complexity index is 866. The second-order valence-corrected chi connectivity index (χ2v) is 7.48. The number of anilines is 2. The highest BCUT2D eigenvalue weighted by molar-refractivity contribution is 5.96. The summed E-state index contributed by atoms with van der Waals surface area (Å²) in [6, 6.07) is 14.7. The van der Waals surface area contributed by atoms with Gasteiger partial charge in [0.1, 0.15) is 0 Å². The maximum absolute atomic E-state index is 12.5. The fourth-order valence-electron chi connectivity index (χ4n) is 3.60. The number of amides is 2. The van der Waals surface area contributed by atoms with Crippen LogP contribution >= 0.6 is 0 Å². The summed E-state index contributed by atoms with van der Waals surface area (Å²) in [7, 11) is 0. The van der Waals surface area contributed by atoms with Gasteiger partial charge in [-0.1, -0.05) is 18.2 Å². The number of nitrogens with one attached hydrogen (secondary N) is 2. The second kappa shape index (κ2) is 8.83. The maximum Gasteiger partial charge on any atom is 0.227 e. The number of ketones is 1. The number of hydrogen-bond acceptors (Lipinski definition) is 3. The number of rotatable bonds is 5. The third kappa shape index (κ3) is 4.85. The molecule has 2 N–H and O–H groups in total. The molecule has 0 spiro atoms. The molecule has 1 aliphatic carbocycles. The van der Waals surface area contributed by atoms with E-state index in [9.17, 15) is 14.4 Å². The van der Waals surface area contributed by atoms with Gasteiger partial charge in [-0.25, -0.2) is 0 Å². The molecule has 0 bridgehead atoms. The van der Waals surface area contributed by atoms with Crippen LogP contribution in [0.15, 0.2) is 48.5 Å². The van der Waals surface area contributed by atoms with E-state index in [1.165, 1.54) is 6.92 Å². The zero-order valence-electron chi connectivity index (χ0n) is 16.3. The highest BCUT2D eigenvalue weighted by Gasteiger charge is 2.30. The van der Waals surface area contributed by atoms with Crippen LogP contribution in [0.25, 0.3) is 0 Å². The van der Waals surface area contributed by atoms with Gasteiger partial charge in [0.2, 0.25) is 11.8 Å². The zero-order valence-corrected chi connectivity index (χ0v) is 16.3. The quantitative estimate of drug-likeness (QED) is 0.748.